The molecule has 2 aromatic carbocycles. The van der Waals surface area contributed by atoms with Crippen LogP contribution in [0.25, 0.3) is 0 Å². The first-order chi connectivity index (χ1) is 19.7. The van der Waals surface area contributed by atoms with Crippen molar-refractivity contribution < 1.29 is 43.5 Å². The number of halogens is 1. The third kappa shape index (κ3) is 7.89. The van der Waals surface area contributed by atoms with E-state index in [1.165, 1.54) is 31.1 Å². The molecule has 3 rings (SSSR count). The van der Waals surface area contributed by atoms with E-state index in [1.807, 2.05) is 28.7 Å². The Kier molecular flexibility index (Phi) is 11.8. The number of aliphatic hydroxyl groups is 2. The maximum atomic E-state index is 13.0. The van der Waals surface area contributed by atoms with Crippen LogP contribution in [0.1, 0.15) is 29.3 Å². The lowest BCUT2D eigenvalue weighted by Crippen LogP contribution is -2.55. The Labute approximate surface area is 252 Å². The Balaban J connectivity index is 1.97. The van der Waals surface area contributed by atoms with E-state index in [0.717, 1.165) is 5.56 Å². The zero-order chi connectivity index (χ0) is 30.1. The Morgan fingerprint density at radius 2 is 1.85 bits per heavy atom. The van der Waals surface area contributed by atoms with Gasteiger partial charge in [0, 0.05) is 37.6 Å². The minimum absolute atomic E-state index is 0.0415. The maximum absolute atomic E-state index is 13.0. The van der Waals surface area contributed by atoms with Crippen molar-refractivity contribution in [1.29, 1.82) is 0 Å². The lowest BCUT2D eigenvalue weighted by atomic mass is 9.88. The summed E-state index contributed by atoms with van der Waals surface area (Å²) in [6.45, 7) is 1.42. The van der Waals surface area contributed by atoms with Gasteiger partial charge < -0.3 is 39.4 Å². The molecule has 0 saturated heterocycles. The molecule has 41 heavy (non-hydrogen) atoms. The van der Waals surface area contributed by atoms with Crippen molar-refractivity contribution in [3.8, 4) is 23.0 Å². The highest BCUT2D eigenvalue weighted by Gasteiger charge is 2.40. The standard InChI is InChI=1S/C29H35IN2O9/c1-17(35)32(9-7-19-13-21(38-2)5-6-24(19)39-3)23-14-20(29(37)31-8-10-33)15-25(27(23)36)41-28-22(30)11-18(16-34)12-26(28)40-4/h5-6,11-13,15-16,23,25,27,33,36H,7-10,14H2,1-4H3,(H,31,37)/t23-,25+,27+/m1/s1. The van der Waals surface area contributed by atoms with Crippen LogP contribution in [0.2, 0.25) is 0 Å². The van der Waals surface area contributed by atoms with Crippen molar-refractivity contribution in [2.45, 2.75) is 38.0 Å². The second-order valence-electron chi connectivity index (χ2n) is 9.31. The highest BCUT2D eigenvalue weighted by atomic mass is 127. The molecule has 1 aliphatic rings. The normalized spacial score (nSPS) is 18.1. The Morgan fingerprint density at radius 1 is 1.12 bits per heavy atom. The van der Waals surface area contributed by atoms with Crippen LogP contribution in [0, 0.1) is 3.57 Å². The first kappa shape index (κ1) is 32.2. The van der Waals surface area contributed by atoms with Gasteiger partial charge in [-0.3, -0.25) is 14.4 Å². The third-order valence-corrected chi connectivity index (χ3v) is 7.57. The molecule has 0 spiro atoms. The summed E-state index contributed by atoms with van der Waals surface area (Å²) in [6, 6.07) is 7.69. The summed E-state index contributed by atoms with van der Waals surface area (Å²) in [5, 5.41) is 23.4. The second-order valence-corrected chi connectivity index (χ2v) is 10.5. The molecule has 3 atom stereocenters. The molecule has 222 valence electrons. The first-order valence-electron chi connectivity index (χ1n) is 12.9. The zero-order valence-electron chi connectivity index (χ0n) is 23.4. The number of rotatable bonds is 13. The van der Waals surface area contributed by atoms with E-state index in [-0.39, 0.29) is 43.5 Å². The molecule has 12 heteroatoms. The molecule has 0 aromatic heterocycles. The van der Waals surface area contributed by atoms with E-state index in [0.29, 0.717) is 38.9 Å². The number of methoxy groups -OCH3 is 3. The molecule has 0 aliphatic heterocycles. The number of carbonyl (C=O) groups excluding carboxylic acids is 3. The van der Waals surface area contributed by atoms with E-state index in [1.54, 1.807) is 32.4 Å². The third-order valence-electron chi connectivity index (χ3n) is 6.77. The van der Waals surface area contributed by atoms with E-state index in [4.69, 9.17) is 18.9 Å². The average Bonchev–Trinajstić information content (AvgIpc) is 2.97. The van der Waals surface area contributed by atoms with Crippen LogP contribution in [-0.4, -0.2) is 92.5 Å². The molecule has 2 aromatic rings. The fraction of sp³-hybridized carbons (Fsp3) is 0.414. The summed E-state index contributed by atoms with van der Waals surface area (Å²) in [5.74, 6) is 1.09. The zero-order valence-corrected chi connectivity index (χ0v) is 25.5. The van der Waals surface area contributed by atoms with Gasteiger partial charge in [0.15, 0.2) is 11.5 Å². The fourth-order valence-electron chi connectivity index (χ4n) is 4.71. The minimum Gasteiger partial charge on any atom is -0.497 e. The number of ether oxygens (including phenoxy) is 4. The monoisotopic (exact) mass is 682 g/mol. The van der Waals surface area contributed by atoms with Gasteiger partial charge in [0.2, 0.25) is 11.8 Å². The number of benzene rings is 2. The predicted octanol–water partition coefficient (Wildman–Crippen LogP) is 2.14. The van der Waals surface area contributed by atoms with E-state index < -0.39 is 24.2 Å². The molecule has 0 radical (unpaired) electrons. The number of carbonyl (C=O) groups is 3. The molecular formula is C29H35IN2O9. The van der Waals surface area contributed by atoms with E-state index >= 15 is 0 Å². The van der Waals surface area contributed by atoms with Gasteiger partial charge in [-0.15, -0.1) is 0 Å². The second kappa shape index (κ2) is 15.0. The van der Waals surface area contributed by atoms with Gasteiger partial charge in [0.1, 0.15) is 30.0 Å². The number of hydrogen-bond donors (Lipinski definition) is 3. The molecule has 0 saturated carbocycles. The molecule has 0 unspecified atom stereocenters. The maximum Gasteiger partial charge on any atom is 0.247 e. The highest BCUT2D eigenvalue weighted by molar-refractivity contribution is 14.1. The van der Waals surface area contributed by atoms with Crippen LogP contribution >= 0.6 is 22.6 Å². The molecule has 0 bridgehead atoms. The molecule has 2 amide bonds. The van der Waals surface area contributed by atoms with Crippen LogP contribution in [0.3, 0.4) is 0 Å². The van der Waals surface area contributed by atoms with Gasteiger partial charge in [-0.2, -0.15) is 0 Å². The molecule has 11 nitrogen and oxygen atoms in total. The molecule has 0 heterocycles. The molecule has 0 fully saturated rings. The number of aliphatic hydroxyl groups excluding tert-OH is 2. The van der Waals surface area contributed by atoms with Crippen LogP contribution in [0.15, 0.2) is 42.0 Å². The Hall–Kier alpha value is -3.36. The van der Waals surface area contributed by atoms with Crippen molar-refractivity contribution in [1.82, 2.24) is 10.2 Å². The smallest absolute Gasteiger partial charge is 0.247 e. The fourth-order valence-corrected chi connectivity index (χ4v) is 5.47. The van der Waals surface area contributed by atoms with Gasteiger partial charge in [-0.05, 0) is 71.0 Å². The highest BCUT2D eigenvalue weighted by Crippen LogP contribution is 2.37. The Bertz CT molecular complexity index is 1280. The van der Waals surface area contributed by atoms with Gasteiger partial charge in [-0.1, -0.05) is 0 Å². The van der Waals surface area contributed by atoms with Crippen molar-refractivity contribution in [3.05, 3.63) is 56.7 Å². The van der Waals surface area contributed by atoms with Gasteiger partial charge in [0.25, 0.3) is 0 Å². The quantitative estimate of drug-likeness (QED) is 0.214. The number of amides is 2. The minimum atomic E-state index is -1.22. The van der Waals surface area contributed by atoms with Gasteiger partial charge in [0.05, 0.1) is 37.5 Å². The number of hydrogen-bond acceptors (Lipinski definition) is 9. The van der Waals surface area contributed by atoms with Crippen LogP contribution in [0.5, 0.6) is 23.0 Å². The summed E-state index contributed by atoms with van der Waals surface area (Å²) >= 11 is 2.00. The number of aldehydes is 1. The van der Waals surface area contributed by atoms with E-state index in [2.05, 4.69) is 5.32 Å². The topological polar surface area (TPSA) is 144 Å². The average molecular weight is 683 g/mol. The van der Waals surface area contributed by atoms with Gasteiger partial charge in [-0.25, -0.2) is 0 Å². The van der Waals surface area contributed by atoms with Crippen LogP contribution in [-0.2, 0) is 16.0 Å². The largest absolute Gasteiger partial charge is 0.497 e. The van der Waals surface area contributed by atoms with Crippen molar-refractivity contribution in [2.75, 3.05) is 41.0 Å². The predicted molar refractivity (Wildman–Crippen MR) is 159 cm³/mol. The van der Waals surface area contributed by atoms with Crippen molar-refractivity contribution >= 4 is 40.7 Å². The number of nitrogens with one attached hydrogen (secondary N) is 1. The lowest BCUT2D eigenvalue weighted by Gasteiger charge is -2.40. The van der Waals surface area contributed by atoms with Crippen LogP contribution in [0.4, 0.5) is 0 Å². The summed E-state index contributed by atoms with van der Waals surface area (Å²) in [6.07, 6.45) is 0.397. The van der Waals surface area contributed by atoms with Gasteiger partial charge >= 0.3 is 0 Å². The van der Waals surface area contributed by atoms with E-state index in [9.17, 15) is 24.6 Å². The first-order valence-corrected chi connectivity index (χ1v) is 14.0. The SMILES string of the molecule is COc1ccc(OC)c(CCN(C(C)=O)[C@@H]2CC(C(=O)NCCO)=C[C@H](Oc3c(I)cc(C=O)cc3OC)[C@H]2O)c1. The summed E-state index contributed by atoms with van der Waals surface area (Å²) in [4.78, 5) is 38.8. The lowest BCUT2D eigenvalue weighted by molar-refractivity contribution is -0.136. The Morgan fingerprint density at radius 3 is 2.46 bits per heavy atom. The summed E-state index contributed by atoms with van der Waals surface area (Å²) in [7, 11) is 4.55. The summed E-state index contributed by atoms with van der Waals surface area (Å²) in [5.41, 5.74) is 1.49. The number of nitrogens with zero attached hydrogens (tertiary/aromatic N) is 1. The summed E-state index contributed by atoms with van der Waals surface area (Å²) < 4.78 is 23.0. The van der Waals surface area contributed by atoms with Crippen molar-refractivity contribution in [2.24, 2.45) is 0 Å². The van der Waals surface area contributed by atoms with Crippen molar-refractivity contribution in [3.63, 3.8) is 0 Å². The molecular weight excluding hydrogens is 647 g/mol. The van der Waals surface area contributed by atoms with Crippen LogP contribution < -0.4 is 24.3 Å². The molecule has 3 N–H and O–H groups in total. The molecule has 1 aliphatic carbocycles.